The monoisotopic (exact) mass is 326 g/mol. The largest absolute Gasteiger partial charge is 0.351 e. The molecule has 0 aliphatic carbocycles. The molecule has 1 aliphatic rings. The first-order valence-corrected chi connectivity index (χ1v) is 8.46. The minimum Gasteiger partial charge on any atom is -0.351 e. The van der Waals surface area contributed by atoms with Crippen LogP contribution >= 0.6 is 11.3 Å². The van der Waals surface area contributed by atoms with Gasteiger partial charge < -0.3 is 5.32 Å². The van der Waals surface area contributed by atoms with E-state index in [1.165, 1.54) is 11.3 Å². The van der Waals surface area contributed by atoms with Crippen LogP contribution in [0.25, 0.3) is 6.08 Å². The van der Waals surface area contributed by atoms with Crippen LogP contribution in [-0.4, -0.2) is 18.4 Å². The molecule has 1 aromatic carbocycles. The number of hydrogen-bond donors (Lipinski definition) is 1. The van der Waals surface area contributed by atoms with Crippen molar-refractivity contribution < 1.29 is 9.59 Å². The Labute approximate surface area is 138 Å². The van der Waals surface area contributed by atoms with Crippen LogP contribution in [0.4, 0.5) is 0 Å². The Balaban J connectivity index is 1.72. The van der Waals surface area contributed by atoms with Gasteiger partial charge >= 0.3 is 0 Å². The number of hydrogen-bond acceptors (Lipinski definition) is 3. The van der Waals surface area contributed by atoms with Crippen LogP contribution in [0.3, 0.4) is 0 Å². The quantitative estimate of drug-likeness (QED) is 0.930. The predicted octanol–water partition coefficient (Wildman–Crippen LogP) is 1.74. The SMILES string of the molecule is Cc1ccc(C)c2c1=CC(CCNC(=O)c1cccs1)C(=O)N=2. The second-order valence-electron chi connectivity index (χ2n) is 5.71. The number of nitrogens with one attached hydrogen (secondary N) is 1. The molecular formula is C18H18N2O2S. The van der Waals surface area contributed by atoms with Crippen molar-refractivity contribution in [3.63, 3.8) is 0 Å². The molecule has 1 aromatic heterocycles. The molecule has 0 bridgehead atoms. The van der Waals surface area contributed by atoms with Crippen molar-refractivity contribution >= 4 is 29.2 Å². The molecule has 2 aromatic rings. The number of fused-ring (bicyclic) bond motifs is 1. The number of nitrogens with zero attached hydrogens (tertiary/aromatic N) is 1. The number of carbonyl (C=O) groups excluding carboxylic acids is 2. The third-order valence-corrected chi connectivity index (χ3v) is 4.90. The van der Waals surface area contributed by atoms with Crippen LogP contribution in [-0.2, 0) is 4.79 Å². The van der Waals surface area contributed by atoms with Gasteiger partial charge in [0.2, 0.25) is 0 Å². The molecule has 118 valence electrons. The summed E-state index contributed by atoms with van der Waals surface area (Å²) in [6, 6.07) is 7.67. The van der Waals surface area contributed by atoms with Gasteiger partial charge in [-0.1, -0.05) is 24.3 Å². The number of rotatable bonds is 4. The molecule has 0 fully saturated rings. The topological polar surface area (TPSA) is 58.5 Å². The normalized spacial score (nSPS) is 16.3. The second kappa shape index (κ2) is 6.46. The fourth-order valence-corrected chi connectivity index (χ4v) is 3.33. The summed E-state index contributed by atoms with van der Waals surface area (Å²) in [6.45, 7) is 4.44. The molecule has 23 heavy (non-hydrogen) atoms. The summed E-state index contributed by atoms with van der Waals surface area (Å²) in [5, 5.41) is 6.56. The van der Waals surface area contributed by atoms with Crippen molar-refractivity contribution in [1.82, 2.24) is 5.32 Å². The van der Waals surface area contributed by atoms with E-state index in [1.54, 1.807) is 6.07 Å². The van der Waals surface area contributed by atoms with Crippen LogP contribution in [0.15, 0.2) is 34.6 Å². The van der Waals surface area contributed by atoms with E-state index < -0.39 is 0 Å². The maximum Gasteiger partial charge on any atom is 0.261 e. The molecule has 3 rings (SSSR count). The van der Waals surface area contributed by atoms with Gasteiger partial charge in [-0.3, -0.25) is 9.59 Å². The van der Waals surface area contributed by atoms with Crippen LogP contribution in [0.1, 0.15) is 27.2 Å². The Kier molecular flexibility index (Phi) is 4.39. The lowest BCUT2D eigenvalue weighted by atomic mass is 9.97. The number of amides is 2. The highest BCUT2D eigenvalue weighted by Gasteiger charge is 2.19. The van der Waals surface area contributed by atoms with E-state index in [-0.39, 0.29) is 17.7 Å². The van der Waals surface area contributed by atoms with E-state index in [4.69, 9.17) is 0 Å². The molecule has 2 heterocycles. The number of carbonyl (C=O) groups is 2. The second-order valence-corrected chi connectivity index (χ2v) is 6.65. The van der Waals surface area contributed by atoms with E-state index in [1.807, 2.05) is 43.5 Å². The van der Waals surface area contributed by atoms with E-state index in [9.17, 15) is 9.59 Å². The Morgan fingerprint density at radius 3 is 2.78 bits per heavy atom. The summed E-state index contributed by atoms with van der Waals surface area (Å²) in [4.78, 5) is 29.1. The zero-order valence-electron chi connectivity index (χ0n) is 13.1. The Bertz CT molecular complexity index is 869. The van der Waals surface area contributed by atoms with E-state index >= 15 is 0 Å². The van der Waals surface area contributed by atoms with E-state index in [0.717, 1.165) is 21.7 Å². The Morgan fingerprint density at radius 2 is 2.04 bits per heavy atom. The van der Waals surface area contributed by atoms with Crippen LogP contribution in [0, 0.1) is 19.8 Å². The molecule has 1 unspecified atom stereocenters. The fourth-order valence-electron chi connectivity index (χ4n) is 2.69. The minimum atomic E-state index is -0.272. The number of thiophene rings is 1. The number of aryl methyl sites for hydroxylation is 2. The third-order valence-electron chi connectivity index (χ3n) is 4.03. The molecular weight excluding hydrogens is 308 g/mol. The first-order valence-electron chi connectivity index (χ1n) is 7.58. The molecule has 1 aliphatic heterocycles. The standard InChI is InChI=1S/C18H18N2O2S/c1-11-5-6-12(2)16-14(11)10-13(17(21)20-16)7-8-19-18(22)15-4-3-9-23-15/h3-6,9-10,13H,7-8H2,1-2H3,(H,19,22). The van der Waals surface area contributed by atoms with Crippen molar-refractivity contribution in [1.29, 1.82) is 0 Å². The maximum absolute atomic E-state index is 12.2. The summed E-state index contributed by atoms with van der Waals surface area (Å²) >= 11 is 1.41. The van der Waals surface area contributed by atoms with Gasteiger partial charge in [0.15, 0.2) is 0 Å². The van der Waals surface area contributed by atoms with Crippen molar-refractivity contribution in [3.05, 3.63) is 56.2 Å². The van der Waals surface area contributed by atoms with Gasteiger partial charge in [0.05, 0.1) is 16.2 Å². The van der Waals surface area contributed by atoms with Gasteiger partial charge in [0, 0.05) is 11.8 Å². The molecule has 0 radical (unpaired) electrons. The molecule has 0 saturated carbocycles. The maximum atomic E-state index is 12.2. The zero-order chi connectivity index (χ0) is 16.4. The van der Waals surface area contributed by atoms with E-state index in [0.29, 0.717) is 17.8 Å². The lowest BCUT2D eigenvalue weighted by Crippen LogP contribution is -2.38. The lowest BCUT2D eigenvalue weighted by molar-refractivity contribution is -0.120. The summed E-state index contributed by atoms with van der Waals surface area (Å²) in [7, 11) is 0. The molecule has 1 N–H and O–H groups in total. The van der Waals surface area contributed by atoms with Crippen molar-refractivity contribution in [2.45, 2.75) is 20.3 Å². The zero-order valence-corrected chi connectivity index (χ0v) is 13.9. The van der Waals surface area contributed by atoms with Crippen molar-refractivity contribution in [2.24, 2.45) is 10.9 Å². The van der Waals surface area contributed by atoms with Crippen LogP contribution < -0.4 is 15.9 Å². The Hall–Kier alpha value is -2.27. The Morgan fingerprint density at radius 1 is 1.26 bits per heavy atom. The van der Waals surface area contributed by atoms with Gasteiger partial charge in [0.1, 0.15) is 0 Å². The number of benzene rings is 1. The average molecular weight is 326 g/mol. The molecule has 1 atom stereocenters. The average Bonchev–Trinajstić information content (AvgIpc) is 3.06. The van der Waals surface area contributed by atoms with Gasteiger partial charge in [0.25, 0.3) is 11.8 Å². The molecule has 4 nitrogen and oxygen atoms in total. The van der Waals surface area contributed by atoms with Crippen LogP contribution in [0.2, 0.25) is 0 Å². The van der Waals surface area contributed by atoms with Crippen molar-refractivity contribution in [3.8, 4) is 0 Å². The lowest BCUT2D eigenvalue weighted by Gasteiger charge is -2.14. The summed E-state index contributed by atoms with van der Waals surface area (Å²) in [6.07, 6.45) is 2.55. The predicted molar refractivity (Wildman–Crippen MR) is 90.9 cm³/mol. The van der Waals surface area contributed by atoms with Crippen molar-refractivity contribution in [2.75, 3.05) is 6.54 Å². The highest BCUT2D eigenvalue weighted by Crippen LogP contribution is 2.11. The van der Waals surface area contributed by atoms with Gasteiger partial charge in [-0.15, -0.1) is 11.3 Å². The minimum absolute atomic E-state index is 0.0902. The van der Waals surface area contributed by atoms with Gasteiger partial charge in [-0.05, 0) is 42.8 Å². The molecule has 0 saturated heterocycles. The summed E-state index contributed by atoms with van der Waals surface area (Å²) < 4.78 is 0. The first kappa shape index (κ1) is 15.6. The smallest absolute Gasteiger partial charge is 0.261 e. The van der Waals surface area contributed by atoms with Gasteiger partial charge in [-0.2, -0.15) is 0 Å². The third kappa shape index (κ3) is 3.24. The summed E-state index contributed by atoms with van der Waals surface area (Å²) in [5.74, 6) is -0.490. The first-order chi connectivity index (χ1) is 11.1. The molecule has 0 spiro atoms. The highest BCUT2D eigenvalue weighted by molar-refractivity contribution is 7.12. The fraction of sp³-hybridized carbons (Fsp3) is 0.278. The summed E-state index contributed by atoms with van der Waals surface area (Å²) in [5.41, 5.74) is 2.13. The molecule has 5 heteroatoms. The highest BCUT2D eigenvalue weighted by atomic mass is 32.1. The van der Waals surface area contributed by atoms with Crippen LogP contribution in [0.5, 0.6) is 0 Å². The molecule has 2 amide bonds. The van der Waals surface area contributed by atoms with Gasteiger partial charge in [-0.25, -0.2) is 4.99 Å². The van der Waals surface area contributed by atoms with E-state index in [2.05, 4.69) is 10.3 Å².